The van der Waals surface area contributed by atoms with Gasteiger partial charge in [-0.2, -0.15) is 0 Å². The fraction of sp³-hybridized carbons (Fsp3) is 0.467. The fourth-order valence-electron chi connectivity index (χ4n) is 2.54. The minimum atomic E-state index is 0.428. The number of hydrogen-bond acceptors (Lipinski definition) is 2. The Balaban J connectivity index is 2.14. The number of hydrogen-bond donors (Lipinski definition) is 1. The molecular weight excluding hydrogens is 244 g/mol. The van der Waals surface area contributed by atoms with Gasteiger partial charge in [0.1, 0.15) is 0 Å². The molecule has 0 radical (unpaired) electrons. The molecule has 3 heteroatoms. The quantitative estimate of drug-likeness (QED) is 0.876. The SMILES string of the molecule is CCNC(C)c1ccc2c(c1)CCN2C/C=C/Cl. The summed E-state index contributed by atoms with van der Waals surface area (Å²) < 4.78 is 0. The summed E-state index contributed by atoms with van der Waals surface area (Å²) in [5.41, 5.74) is 5.79. The molecule has 1 aromatic carbocycles. The van der Waals surface area contributed by atoms with Crippen LogP contribution in [0.15, 0.2) is 29.8 Å². The lowest BCUT2D eigenvalue weighted by atomic mass is 10.0. The van der Waals surface area contributed by atoms with Gasteiger partial charge in [-0.1, -0.05) is 36.7 Å². The highest BCUT2D eigenvalue weighted by molar-refractivity contribution is 6.25. The van der Waals surface area contributed by atoms with Crippen molar-refractivity contribution in [3.8, 4) is 0 Å². The van der Waals surface area contributed by atoms with Crippen molar-refractivity contribution in [2.75, 3.05) is 24.5 Å². The van der Waals surface area contributed by atoms with Crippen LogP contribution >= 0.6 is 11.6 Å². The van der Waals surface area contributed by atoms with Crippen molar-refractivity contribution in [1.82, 2.24) is 5.32 Å². The molecular formula is C15H21ClN2. The van der Waals surface area contributed by atoms with Crippen LogP contribution in [0.3, 0.4) is 0 Å². The summed E-state index contributed by atoms with van der Waals surface area (Å²) in [4.78, 5) is 2.37. The monoisotopic (exact) mass is 264 g/mol. The number of nitrogens with zero attached hydrogens (tertiary/aromatic N) is 1. The van der Waals surface area contributed by atoms with Gasteiger partial charge in [-0.25, -0.2) is 0 Å². The fourth-order valence-corrected chi connectivity index (χ4v) is 2.62. The predicted molar refractivity (Wildman–Crippen MR) is 79.4 cm³/mol. The first-order valence-corrected chi connectivity index (χ1v) is 7.06. The molecule has 2 nitrogen and oxygen atoms in total. The minimum Gasteiger partial charge on any atom is -0.367 e. The van der Waals surface area contributed by atoms with Crippen LogP contribution in [0.25, 0.3) is 0 Å². The summed E-state index contributed by atoms with van der Waals surface area (Å²) in [5.74, 6) is 0. The highest BCUT2D eigenvalue weighted by Gasteiger charge is 2.18. The van der Waals surface area contributed by atoms with E-state index >= 15 is 0 Å². The topological polar surface area (TPSA) is 15.3 Å². The van der Waals surface area contributed by atoms with E-state index in [1.54, 1.807) is 5.54 Å². The van der Waals surface area contributed by atoms with E-state index in [1.807, 2.05) is 6.08 Å². The number of halogens is 1. The van der Waals surface area contributed by atoms with Crippen molar-refractivity contribution in [1.29, 1.82) is 0 Å². The number of rotatable bonds is 5. The Labute approximate surface area is 115 Å². The second-order valence-electron chi connectivity index (χ2n) is 4.73. The van der Waals surface area contributed by atoms with Crippen LogP contribution in [0.4, 0.5) is 5.69 Å². The molecule has 1 heterocycles. The van der Waals surface area contributed by atoms with Gasteiger partial charge in [-0.15, -0.1) is 0 Å². The van der Waals surface area contributed by atoms with Gasteiger partial charge >= 0.3 is 0 Å². The van der Waals surface area contributed by atoms with Crippen LogP contribution in [-0.2, 0) is 6.42 Å². The summed E-state index contributed by atoms with van der Waals surface area (Å²) in [7, 11) is 0. The van der Waals surface area contributed by atoms with Crippen LogP contribution in [-0.4, -0.2) is 19.6 Å². The van der Waals surface area contributed by atoms with Gasteiger partial charge in [0.15, 0.2) is 0 Å². The van der Waals surface area contributed by atoms with Crippen LogP contribution in [0.2, 0.25) is 0 Å². The van der Waals surface area contributed by atoms with Gasteiger partial charge in [-0.05, 0) is 37.1 Å². The molecule has 1 N–H and O–H groups in total. The van der Waals surface area contributed by atoms with Crippen molar-refractivity contribution in [2.45, 2.75) is 26.3 Å². The third-order valence-electron chi connectivity index (χ3n) is 3.52. The van der Waals surface area contributed by atoms with Gasteiger partial charge in [0, 0.05) is 30.4 Å². The zero-order chi connectivity index (χ0) is 13.0. The lowest BCUT2D eigenvalue weighted by molar-refractivity contribution is 0.598. The molecule has 0 aromatic heterocycles. The third kappa shape index (κ3) is 2.88. The van der Waals surface area contributed by atoms with Gasteiger partial charge in [-0.3, -0.25) is 0 Å². The molecule has 0 bridgehead atoms. The molecule has 1 unspecified atom stereocenters. The molecule has 0 amide bonds. The van der Waals surface area contributed by atoms with E-state index in [1.165, 1.54) is 16.8 Å². The van der Waals surface area contributed by atoms with Crippen molar-refractivity contribution in [3.63, 3.8) is 0 Å². The lowest BCUT2D eigenvalue weighted by Gasteiger charge is -2.18. The Morgan fingerprint density at radius 2 is 2.33 bits per heavy atom. The molecule has 0 fully saturated rings. The Hall–Kier alpha value is -0.990. The molecule has 1 aromatic rings. The summed E-state index contributed by atoms with van der Waals surface area (Å²) in [5, 5.41) is 3.46. The second-order valence-corrected chi connectivity index (χ2v) is 4.98. The first-order chi connectivity index (χ1) is 8.76. The van der Waals surface area contributed by atoms with Crippen molar-refractivity contribution >= 4 is 17.3 Å². The van der Waals surface area contributed by atoms with Gasteiger partial charge < -0.3 is 10.2 Å². The second kappa shape index (κ2) is 6.26. The molecule has 0 spiro atoms. The number of anilines is 1. The minimum absolute atomic E-state index is 0.428. The normalized spacial score (nSPS) is 16.3. The van der Waals surface area contributed by atoms with Crippen LogP contribution in [0.1, 0.15) is 31.0 Å². The summed E-state index contributed by atoms with van der Waals surface area (Å²) in [6, 6.07) is 7.24. The van der Waals surface area contributed by atoms with Gasteiger partial charge in [0.05, 0.1) is 0 Å². The van der Waals surface area contributed by atoms with Gasteiger partial charge in [0.25, 0.3) is 0 Å². The summed E-state index contributed by atoms with van der Waals surface area (Å²) >= 11 is 5.59. The molecule has 18 heavy (non-hydrogen) atoms. The average Bonchev–Trinajstić information content (AvgIpc) is 2.79. The van der Waals surface area contributed by atoms with E-state index in [0.29, 0.717) is 6.04 Å². The molecule has 98 valence electrons. The first kappa shape index (κ1) is 13.4. The zero-order valence-electron chi connectivity index (χ0n) is 11.1. The Morgan fingerprint density at radius 1 is 1.50 bits per heavy atom. The lowest BCUT2D eigenvalue weighted by Crippen LogP contribution is -2.20. The van der Waals surface area contributed by atoms with Crippen LogP contribution < -0.4 is 10.2 Å². The van der Waals surface area contributed by atoms with E-state index in [0.717, 1.165) is 26.1 Å². The molecule has 0 saturated heterocycles. The third-order valence-corrected chi connectivity index (χ3v) is 3.70. The van der Waals surface area contributed by atoms with E-state index in [-0.39, 0.29) is 0 Å². The molecule has 1 aliphatic rings. The van der Waals surface area contributed by atoms with Crippen LogP contribution in [0.5, 0.6) is 0 Å². The van der Waals surface area contributed by atoms with E-state index in [4.69, 9.17) is 11.6 Å². The van der Waals surface area contributed by atoms with Crippen LogP contribution in [0, 0.1) is 0 Å². The number of fused-ring (bicyclic) bond motifs is 1. The predicted octanol–water partition coefficient (Wildman–Crippen LogP) is 3.47. The van der Waals surface area contributed by atoms with Crippen molar-refractivity contribution in [3.05, 3.63) is 40.9 Å². The maximum atomic E-state index is 5.59. The molecule has 0 aliphatic carbocycles. The Bertz CT molecular complexity index is 429. The summed E-state index contributed by atoms with van der Waals surface area (Å²) in [6.07, 6.45) is 3.13. The molecule has 1 atom stereocenters. The van der Waals surface area contributed by atoms with E-state index in [9.17, 15) is 0 Å². The van der Waals surface area contributed by atoms with E-state index < -0.39 is 0 Å². The average molecular weight is 265 g/mol. The van der Waals surface area contributed by atoms with E-state index in [2.05, 4.69) is 42.3 Å². The van der Waals surface area contributed by atoms with Gasteiger partial charge in [0.2, 0.25) is 0 Å². The largest absolute Gasteiger partial charge is 0.367 e. The summed E-state index contributed by atoms with van der Waals surface area (Å²) in [6.45, 7) is 7.36. The maximum absolute atomic E-state index is 5.59. The van der Waals surface area contributed by atoms with Crippen molar-refractivity contribution < 1.29 is 0 Å². The standard InChI is InChI=1S/C15H21ClN2/c1-3-17-12(2)13-5-6-15-14(11-13)7-10-18(15)9-4-8-16/h4-6,8,11-12,17H,3,7,9-10H2,1-2H3/b8-4+. The molecule has 2 rings (SSSR count). The Morgan fingerprint density at radius 3 is 3.06 bits per heavy atom. The number of benzene rings is 1. The highest BCUT2D eigenvalue weighted by atomic mass is 35.5. The highest BCUT2D eigenvalue weighted by Crippen LogP contribution is 2.30. The maximum Gasteiger partial charge on any atom is 0.0402 e. The zero-order valence-corrected chi connectivity index (χ0v) is 11.9. The first-order valence-electron chi connectivity index (χ1n) is 6.62. The Kier molecular flexibility index (Phi) is 4.67. The molecule has 1 aliphatic heterocycles. The number of nitrogens with one attached hydrogen (secondary N) is 1. The smallest absolute Gasteiger partial charge is 0.0402 e. The van der Waals surface area contributed by atoms with Crippen molar-refractivity contribution in [2.24, 2.45) is 0 Å². The molecule has 0 saturated carbocycles.